The SMILES string of the molecule is CN(Cc1ccc2ccccc2c1)C(=O)C1CCCC(C(=O)O)C1. The molecule has 4 nitrogen and oxygen atoms in total. The van der Waals surface area contributed by atoms with Crippen LogP contribution >= 0.6 is 0 Å². The molecule has 4 heteroatoms. The molecule has 0 aliphatic heterocycles. The summed E-state index contributed by atoms with van der Waals surface area (Å²) < 4.78 is 0. The van der Waals surface area contributed by atoms with E-state index in [-0.39, 0.29) is 17.7 Å². The zero-order valence-corrected chi connectivity index (χ0v) is 13.9. The van der Waals surface area contributed by atoms with Crippen molar-refractivity contribution in [2.24, 2.45) is 11.8 Å². The van der Waals surface area contributed by atoms with Crippen LogP contribution in [0.25, 0.3) is 10.8 Å². The van der Waals surface area contributed by atoms with Gasteiger partial charge in [0.1, 0.15) is 0 Å². The Labute approximate surface area is 142 Å². The molecular weight excluding hydrogens is 302 g/mol. The third-order valence-electron chi connectivity index (χ3n) is 4.98. The molecule has 1 N–H and O–H groups in total. The standard InChI is InChI=1S/C20H23NO3/c1-21(19(22)17-7-4-8-18(12-17)20(23)24)13-14-9-10-15-5-2-3-6-16(15)11-14/h2-3,5-6,9-11,17-18H,4,7-8,12-13H2,1H3,(H,23,24). The molecule has 0 aromatic heterocycles. The lowest BCUT2D eigenvalue weighted by Gasteiger charge is -2.29. The van der Waals surface area contributed by atoms with Gasteiger partial charge in [-0.2, -0.15) is 0 Å². The van der Waals surface area contributed by atoms with Gasteiger partial charge in [-0.1, -0.05) is 42.8 Å². The van der Waals surface area contributed by atoms with Crippen LogP contribution in [0, 0.1) is 11.8 Å². The van der Waals surface area contributed by atoms with Crippen molar-refractivity contribution in [3.63, 3.8) is 0 Å². The van der Waals surface area contributed by atoms with E-state index in [0.717, 1.165) is 18.4 Å². The molecule has 1 saturated carbocycles. The molecule has 1 fully saturated rings. The number of carboxylic acid groups (broad SMARTS) is 1. The minimum absolute atomic E-state index is 0.0640. The van der Waals surface area contributed by atoms with E-state index in [1.54, 1.807) is 4.90 Å². The number of amides is 1. The smallest absolute Gasteiger partial charge is 0.306 e. The number of carboxylic acids is 1. The fourth-order valence-corrected chi connectivity index (χ4v) is 3.64. The van der Waals surface area contributed by atoms with Crippen molar-refractivity contribution in [2.45, 2.75) is 32.2 Å². The van der Waals surface area contributed by atoms with Crippen LogP contribution in [-0.4, -0.2) is 28.9 Å². The fraction of sp³-hybridized carbons (Fsp3) is 0.400. The number of carbonyl (C=O) groups excluding carboxylic acids is 1. The summed E-state index contributed by atoms with van der Waals surface area (Å²) in [4.78, 5) is 25.6. The van der Waals surface area contributed by atoms with Gasteiger partial charge in [-0.3, -0.25) is 9.59 Å². The van der Waals surface area contributed by atoms with Gasteiger partial charge in [-0.15, -0.1) is 0 Å². The van der Waals surface area contributed by atoms with Crippen molar-refractivity contribution in [3.05, 3.63) is 48.0 Å². The largest absolute Gasteiger partial charge is 0.481 e. The average Bonchev–Trinajstić information content (AvgIpc) is 2.61. The first-order valence-corrected chi connectivity index (χ1v) is 8.50. The van der Waals surface area contributed by atoms with Crippen LogP contribution in [0.3, 0.4) is 0 Å². The van der Waals surface area contributed by atoms with Crippen LogP contribution in [0.4, 0.5) is 0 Å². The fourth-order valence-electron chi connectivity index (χ4n) is 3.64. The first kappa shape index (κ1) is 16.5. The van der Waals surface area contributed by atoms with Crippen molar-refractivity contribution < 1.29 is 14.7 Å². The monoisotopic (exact) mass is 325 g/mol. The Bertz CT molecular complexity index is 755. The molecule has 0 spiro atoms. The van der Waals surface area contributed by atoms with E-state index >= 15 is 0 Å². The number of carbonyl (C=O) groups is 2. The lowest BCUT2D eigenvalue weighted by atomic mass is 9.81. The Morgan fingerprint density at radius 1 is 1.08 bits per heavy atom. The molecule has 24 heavy (non-hydrogen) atoms. The lowest BCUT2D eigenvalue weighted by molar-refractivity contribution is -0.145. The summed E-state index contributed by atoms with van der Waals surface area (Å²) in [6, 6.07) is 14.4. The summed E-state index contributed by atoms with van der Waals surface area (Å²) >= 11 is 0. The number of rotatable bonds is 4. The highest BCUT2D eigenvalue weighted by atomic mass is 16.4. The Morgan fingerprint density at radius 2 is 1.79 bits per heavy atom. The summed E-state index contributed by atoms with van der Waals surface area (Å²) in [6.45, 7) is 0.553. The van der Waals surface area contributed by atoms with Crippen LogP contribution in [-0.2, 0) is 16.1 Å². The van der Waals surface area contributed by atoms with Crippen LogP contribution in [0.15, 0.2) is 42.5 Å². The predicted octanol–water partition coefficient (Wildman–Crippen LogP) is 3.69. The van der Waals surface area contributed by atoms with E-state index in [0.29, 0.717) is 19.4 Å². The summed E-state index contributed by atoms with van der Waals surface area (Å²) in [5, 5.41) is 11.5. The molecule has 0 radical (unpaired) electrons. The van der Waals surface area contributed by atoms with E-state index in [1.165, 1.54) is 10.8 Å². The zero-order chi connectivity index (χ0) is 17.1. The highest BCUT2D eigenvalue weighted by molar-refractivity contribution is 5.83. The third-order valence-corrected chi connectivity index (χ3v) is 4.98. The average molecular weight is 325 g/mol. The third kappa shape index (κ3) is 3.58. The molecular formula is C20H23NO3. The summed E-state index contributed by atoms with van der Waals surface area (Å²) in [5.74, 6) is -1.24. The second-order valence-electron chi connectivity index (χ2n) is 6.77. The molecule has 2 atom stereocenters. The van der Waals surface area contributed by atoms with Gasteiger partial charge in [0.15, 0.2) is 0 Å². The Balaban J connectivity index is 1.67. The van der Waals surface area contributed by atoms with Crippen LogP contribution in [0.5, 0.6) is 0 Å². The maximum Gasteiger partial charge on any atom is 0.306 e. The normalized spacial score (nSPS) is 20.7. The molecule has 0 saturated heterocycles. The van der Waals surface area contributed by atoms with Crippen LogP contribution < -0.4 is 0 Å². The van der Waals surface area contributed by atoms with Crippen molar-refractivity contribution >= 4 is 22.6 Å². The summed E-state index contributed by atoms with van der Waals surface area (Å²) in [5.41, 5.74) is 1.09. The van der Waals surface area contributed by atoms with Gasteiger partial charge < -0.3 is 10.0 Å². The molecule has 0 bridgehead atoms. The van der Waals surface area contributed by atoms with E-state index in [2.05, 4.69) is 24.3 Å². The number of nitrogens with zero attached hydrogens (tertiary/aromatic N) is 1. The Kier molecular flexibility index (Phi) is 4.84. The number of benzene rings is 2. The first-order valence-electron chi connectivity index (χ1n) is 8.50. The molecule has 0 heterocycles. The minimum Gasteiger partial charge on any atom is -0.481 e. The van der Waals surface area contributed by atoms with E-state index in [1.807, 2.05) is 25.2 Å². The van der Waals surface area contributed by atoms with E-state index < -0.39 is 5.97 Å². The second kappa shape index (κ2) is 7.04. The highest BCUT2D eigenvalue weighted by Gasteiger charge is 2.32. The van der Waals surface area contributed by atoms with E-state index in [9.17, 15) is 14.7 Å². The lowest BCUT2D eigenvalue weighted by Crippen LogP contribution is -2.36. The van der Waals surface area contributed by atoms with Gasteiger partial charge in [0, 0.05) is 19.5 Å². The molecule has 1 aliphatic carbocycles. The number of hydrogen-bond acceptors (Lipinski definition) is 2. The number of fused-ring (bicyclic) bond motifs is 1. The second-order valence-corrected chi connectivity index (χ2v) is 6.77. The molecule has 1 amide bonds. The van der Waals surface area contributed by atoms with Crippen molar-refractivity contribution in [1.82, 2.24) is 4.90 Å². The maximum absolute atomic E-state index is 12.7. The Morgan fingerprint density at radius 3 is 2.54 bits per heavy atom. The van der Waals surface area contributed by atoms with Crippen molar-refractivity contribution in [3.8, 4) is 0 Å². The van der Waals surface area contributed by atoms with E-state index in [4.69, 9.17) is 0 Å². The van der Waals surface area contributed by atoms with Gasteiger partial charge in [0.25, 0.3) is 0 Å². The maximum atomic E-state index is 12.7. The highest BCUT2D eigenvalue weighted by Crippen LogP contribution is 2.30. The molecule has 2 aromatic carbocycles. The minimum atomic E-state index is -0.773. The van der Waals surface area contributed by atoms with Crippen molar-refractivity contribution in [2.75, 3.05) is 7.05 Å². The van der Waals surface area contributed by atoms with Gasteiger partial charge in [-0.25, -0.2) is 0 Å². The number of aliphatic carboxylic acids is 1. The topological polar surface area (TPSA) is 57.6 Å². The summed E-state index contributed by atoms with van der Waals surface area (Å²) in [7, 11) is 1.81. The van der Waals surface area contributed by atoms with Gasteiger partial charge >= 0.3 is 5.97 Å². The first-order chi connectivity index (χ1) is 11.5. The van der Waals surface area contributed by atoms with Crippen molar-refractivity contribution in [1.29, 1.82) is 0 Å². The molecule has 2 unspecified atom stereocenters. The van der Waals surface area contributed by atoms with Gasteiger partial charge in [-0.05, 0) is 41.7 Å². The molecule has 3 rings (SSSR count). The van der Waals surface area contributed by atoms with Crippen LogP contribution in [0.1, 0.15) is 31.2 Å². The summed E-state index contributed by atoms with van der Waals surface area (Å²) in [6.07, 6.45) is 2.77. The van der Waals surface area contributed by atoms with Gasteiger partial charge in [0.2, 0.25) is 5.91 Å². The zero-order valence-electron chi connectivity index (χ0n) is 13.9. The molecule has 1 aliphatic rings. The van der Waals surface area contributed by atoms with Crippen LogP contribution in [0.2, 0.25) is 0 Å². The number of hydrogen-bond donors (Lipinski definition) is 1. The van der Waals surface area contributed by atoms with Gasteiger partial charge in [0.05, 0.1) is 5.92 Å². The quantitative estimate of drug-likeness (QED) is 0.932. The Hall–Kier alpha value is -2.36. The predicted molar refractivity (Wildman–Crippen MR) is 93.5 cm³/mol. The molecule has 2 aromatic rings. The molecule has 126 valence electrons.